The molecule has 0 radical (unpaired) electrons. The van der Waals surface area contributed by atoms with Gasteiger partial charge in [0.2, 0.25) is 10.0 Å². The zero-order chi connectivity index (χ0) is 27.4. The summed E-state index contributed by atoms with van der Waals surface area (Å²) in [5.74, 6) is -1.28. The average molecular weight is 562 g/mol. The lowest BCUT2D eigenvalue weighted by Crippen LogP contribution is -2.36. The molecule has 3 aromatic rings. The number of anilines is 1. The number of hydrogen-bond donors (Lipinski definition) is 4. The Kier molecular flexibility index (Phi) is 8.61. The molecule has 4 rings (SSSR count). The monoisotopic (exact) mass is 561 g/mol. The molecular formula is C26H29ClFN5O4S. The predicted octanol–water partition coefficient (Wildman–Crippen LogP) is 3.56. The van der Waals surface area contributed by atoms with Crippen LogP contribution in [0, 0.1) is 5.82 Å². The van der Waals surface area contributed by atoms with Gasteiger partial charge in [-0.15, -0.1) is 0 Å². The molecule has 5 N–H and O–H groups in total. The first-order valence-corrected chi connectivity index (χ1v) is 14.4. The number of rotatable bonds is 8. The van der Waals surface area contributed by atoms with Crippen LogP contribution in [0.2, 0.25) is 5.02 Å². The van der Waals surface area contributed by atoms with Crippen LogP contribution in [-0.4, -0.2) is 48.3 Å². The van der Waals surface area contributed by atoms with E-state index in [9.17, 15) is 18.3 Å². The fourth-order valence-electron chi connectivity index (χ4n) is 4.67. The molecule has 0 aliphatic heterocycles. The minimum Gasteiger partial charge on any atom is -0.394 e. The minimum absolute atomic E-state index is 0.0660. The van der Waals surface area contributed by atoms with Crippen molar-refractivity contribution in [1.29, 1.82) is 0 Å². The summed E-state index contributed by atoms with van der Waals surface area (Å²) in [6, 6.07) is 9.87. The molecule has 38 heavy (non-hydrogen) atoms. The van der Waals surface area contributed by atoms with Crippen LogP contribution in [0.25, 0.3) is 11.3 Å². The van der Waals surface area contributed by atoms with Gasteiger partial charge in [-0.3, -0.25) is 4.79 Å². The number of aromatic nitrogens is 2. The van der Waals surface area contributed by atoms with Crippen molar-refractivity contribution in [2.45, 2.75) is 43.7 Å². The van der Waals surface area contributed by atoms with Gasteiger partial charge >= 0.3 is 0 Å². The molecule has 0 bridgehead atoms. The van der Waals surface area contributed by atoms with Gasteiger partial charge < -0.3 is 16.2 Å². The molecule has 1 atom stereocenters. The van der Waals surface area contributed by atoms with E-state index in [0.717, 1.165) is 19.1 Å². The summed E-state index contributed by atoms with van der Waals surface area (Å²) in [6.45, 7) is -0.392. The first kappa shape index (κ1) is 27.9. The highest BCUT2D eigenvalue weighted by atomic mass is 35.5. The third-order valence-corrected chi connectivity index (χ3v) is 7.57. The van der Waals surface area contributed by atoms with Crippen molar-refractivity contribution in [3.05, 3.63) is 76.3 Å². The van der Waals surface area contributed by atoms with Gasteiger partial charge in [-0.1, -0.05) is 29.8 Å². The smallest absolute Gasteiger partial charge is 0.254 e. The number of sulfonamides is 1. The standard InChI is InChI=1S/C26H29ClFN5O4S/c1-38(36,37)33-19-8-5-15(6-9-19)22-13-30-25(29)24(31-22)17-7-10-20(21(28)12-17)26(35)32-23(14-34)16-3-2-4-18(27)11-16/h2-4,7,10-13,15,19,23,33-34H,5-6,8-9,14H2,1H3,(H2,29,30)(H,32,35)/t15-,19+,23-/m1/s1. The fraction of sp³-hybridized carbons (Fsp3) is 0.346. The summed E-state index contributed by atoms with van der Waals surface area (Å²) in [7, 11) is -3.27. The second kappa shape index (κ2) is 11.7. The maximum absolute atomic E-state index is 15.1. The van der Waals surface area contributed by atoms with Crippen LogP contribution in [0.1, 0.15) is 59.3 Å². The largest absolute Gasteiger partial charge is 0.394 e. The minimum atomic E-state index is -3.27. The van der Waals surface area contributed by atoms with Gasteiger partial charge in [0.25, 0.3) is 5.91 Å². The predicted molar refractivity (Wildman–Crippen MR) is 144 cm³/mol. The van der Waals surface area contributed by atoms with Crippen LogP contribution >= 0.6 is 11.6 Å². The molecule has 1 aromatic heterocycles. The number of nitrogens with zero attached hydrogens (tertiary/aromatic N) is 2. The van der Waals surface area contributed by atoms with Crippen molar-refractivity contribution >= 4 is 33.3 Å². The average Bonchev–Trinajstić information content (AvgIpc) is 2.87. The number of carbonyl (C=O) groups excluding carboxylic acids is 1. The summed E-state index contributed by atoms with van der Waals surface area (Å²) in [5, 5.41) is 12.8. The third-order valence-electron chi connectivity index (χ3n) is 6.57. The van der Waals surface area contributed by atoms with Crippen molar-refractivity contribution in [3.8, 4) is 11.3 Å². The van der Waals surface area contributed by atoms with E-state index >= 15 is 4.39 Å². The van der Waals surface area contributed by atoms with E-state index in [1.165, 1.54) is 12.1 Å². The zero-order valence-electron chi connectivity index (χ0n) is 20.7. The molecule has 1 aliphatic carbocycles. The molecule has 1 fully saturated rings. The van der Waals surface area contributed by atoms with E-state index in [4.69, 9.17) is 17.3 Å². The molecule has 1 saturated carbocycles. The third kappa shape index (κ3) is 6.84. The van der Waals surface area contributed by atoms with Crippen molar-refractivity contribution < 1.29 is 22.7 Å². The summed E-state index contributed by atoms with van der Waals surface area (Å²) >= 11 is 6.00. The fourth-order valence-corrected chi connectivity index (χ4v) is 5.71. The molecule has 0 unspecified atom stereocenters. The molecule has 1 amide bonds. The SMILES string of the molecule is CS(=O)(=O)N[C@H]1CC[C@@H](c2cnc(N)c(-c3ccc(C(=O)N[C@H](CO)c4cccc(Cl)c4)c(F)c3)n2)CC1. The topological polar surface area (TPSA) is 147 Å². The maximum atomic E-state index is 15.1. The Morgan fingerprint density at radius 2 is 1.95 bits per heavy atom. The molecule has 9 nitrogen and oxygen atoms in total. The number of nitrogens with one attached hydrogen (secondary N) is 2. The lowest BCUT2D eigenvalue weighted by Gasteiger charge is -2.28. The normalized spacial score (nSPS) is 18.6. The van der Waals surface area contributed by atoms with Crippen molar-refractivity contribution in [2.75, 3.05) is 18.6 Å². The Hall–Kier alpha value is -3.12. The highest BCUT2D eigenvalue weighted by Crippen LogP contribution is 2.34. The number of halogens is 2. The second-order valence-corrected chi connectivity index (χ2v) is 11.6. The highest BCUT2D eigenvalue weighted by molar-refractivity contribution is 7.88. The summed E-state index contributed by atoms with van der Waals surface area (Å²) in [6.07, 6.45) is 5.52. The number of nitrogen functional groups attached to an aromatic ring is 1. The van der Waals surface area contributed by atoms with Crippen LogP contribution < -0.4 is 15.8 Å². The Morgan fingerprint density at radius 1 is 1.21 bits per heavy atom. The molecule has 1 heterocycles. The number of aliphatic hydroxyl groups is 1. The summed E-state index contributed by atoms with van der Waals surface area (Å²) < 4.78 is 40.7. The van der Waals surface area contributed by atoms with Crippen LogP contribution in [0.3, 0.4) is 0 Å². The van der Waals surface area contributed by atoms with Crippen LogP contribution in [0.4, 0.5) is 10.2 Å². The summed E-state index contributed by atoms with van der Waals surface area (Å²) in [5.41, 5.74) is 7.82. The van der Waals surface area contributed by atoms with E-state index in [2.05, 4.69) is 20.0 Å². The van der Waals surface area contributed by atoms with Gasteiger partial charge in [0.1, 0.15) is 17.3 Å². The Balaban J connectivity index is 1.50. The highest BCUT2D eigenvalue weighted by Gasteiger charge is 2.26. The van der Waals surface area contributed by atoms with Crippen LogP contribution in [-0.2, 0) is 10.0 Å². The number of hydrogen-bond acceptors (Lipinski definition) is 7. The molecule has 0 spiro atoms. The van der Waals surface area contributed by atoms with E-state index < -0.39 is 34.4 Å². The molecule has 1 aliphatic rings. The van der Waals surface area contributed by atoms with Gasteiger partial charge in [0.15, 0.2) is 0 Å². The molecular weight excluding hydrogens is 533 g/mol. The van der Waals surface area contributed by atoms with E-state index in [1.54, 1.807) is 36.5 Å². The van der Waals surface area contributed by atoms with Gasteiger partial charge in [0.05, 0.1) is 36.4 Å². The van der Waals surface area contributed by atoms with Crippen molar-refractivity contribution in [3.63, 3.8) is 0 Å². The maximum Gasteiger partial charge on any atom is 0.254 e. The number of aliphatic hydroxyl groups excluding tert-OH is 1. The van der Waals surface area contributed by atoms with Gasteiger partial charge in [-0.05, 0) is 55.5 Å². The Bertz CT molecular complexity index is 1430. The Morgan fingerprint density at radius 3 is 2.58 bits per heavy atom. The quantitative estimate of drug-likeness (QED) is 0.329. The zero-order valence-corrected chi connectivity index (χ0v) is 22.3. The number of carbonyl (C=O) groups is 1. The van der Waals surface area contributed by atoms with Gasteiger partial charge in [-0.25, -0.2) is 27.5 Å². The number of benzene rings is 2. The molecule has 12 heteroatoms. The van der Waals surface area contributed by atoms with Crippen LogP contribution in [0.15, 0.2) is 48.7 Å². The van der Waals surface area contributed by atoms with Gasteiger partial charge in [0, 0.05) is 22.5 Å². The molecule has 0 saturated heterocycles. The first-order chi connectivity index (χ1) is 18.0. The Labute approximate surface area is 225 Å². The van der Waals surface area contributed by atoms with E-state index in [-0.39, 0.29) is 23.3 Å². The number of amides is 1. The van der Waals surface area contributed by atoms with Gasteiger partial charge in [-0.2, -0.15) is 0 Å². The lowest BCUT2D eigenvalue weighted by molar-refractivity contribution is 0.0912. The van der Waals surface area contributed by atoms with Crippen molar-refractivity contribution in [1.82, 2.24) is 20.0 Å². The lowest BCUT2D eigenvalue weighted by atomic mass is 9.84. The summed E-state index contributed by atoms with van der Waals surface area (Å²) in [4.78, 5) is 21.7. The van der Waals surface area contributed by atoms with E-state index in [1.807, 2.05) is 0 Å². The van der Waals surface area contributed by atoms with Crippen LogP contribution in [0.5, 0.6) is 0 Å². The molecule has 2 aromatic carbocycles. The second-order valence-electron chi connectivity index (χ2n) is 9.43. The first-order valence-electron chi connectivity index (χ1n) is 12.1. The number of nitrogens with two attached hydrogens (primary N) is 1. The van der Waals surface area contributed by atoms with Crippen molar-refractivity contribution in [2.24, 2.45) is 0 Å². The molecule has 202 valence electrons. The van der Waals surface area contributed by atoms with E-state index in [0.29, 0.717) is 40.4 Å².